The third-order valence-electron chi connectivity index (χ3n) is 3.78. The van der Waals surface area contributed by atoms with Crippen LogP contribution in [0.1, 0.15) is 25.7 Å². The second-order valence-corrected chi connectivity index (χ2v) is 4.94. The van der Waals surface area contributed by atoms with Crippen molar-refractivity contribution in [1.29, 1.82) is 0 Å². The lowest BCUT2D eigenvalue weighted by Crippen LogP contribution is -2.48. The third-order valence-corrected chi connectivity index (χ3v) is 3.78. The molecule has 0 bridgehead atoms. The van der Waals surface area contributed by atoms with Gasteiger partial charge >= 0.3 is 0 Å². The quantitative estimate of drug-likeness (QED) is 0.758. The van der Waals surface area contributed by atoms with Gasteiger partial charge < -0.3 is 10.1 Å². The zero-order chi connectivity index (χ0) is 10.5. The van der Waals surface area contributed by atoms with Gasteiger partial charge in [0.15, 0.2) is 0 Å². The Bertz CT molecular complexity index is 178. The summed E-state index contributed by atoms with van der Waals surface area (Å²) in [6.45, 7) is 5.93. The second-order valence-electron chi connectivity index (χ2n) is 4.94. The molecule has 0 amide bonds. The molecule has 88 valence electrons. The minimum atomic E-state index is 0.777. The van der Waals surface area contributed by atoms with Crippen molar-refractivity contribution in [1.82, 2.24) is 10.2 Å². The molecule has 1 atom stereocenters. The first-order chi connectivity index (χ1) is 7.40. The molecule has 2 saturated heterocycles. The largest absolute Gasteiger partial charge is 0.384 e. The van der Waals surface area contributed by atoms with Crippen molar-refractivity contribution >= 4 is 0 Å². The Labute approximate surface area is 93.2 Å². The highest BCUT2D eigenvalue weighted by molar-refractivity contribution is 4.82. The molecule has 2 fully saturated rings. The number of methoxy groups -OCH3 is 1. The first-order valence-corrected chi connectivity index (χ1v) is 6.34. The molecule has 0 aliphatic carbocycles. The van der Waals surface area contributed by atoms with E-state index in [4.69, 9.17) is 4.74 Å². The summed E-state index contributed by atoms with van der Waals surface area (Å²) in [5.74, 6) is 0.777. The fourth-order valence-corrected chi connectivity index (χ4v) is 2.97. The average Bonchev–Trinajstić information content (AvgIpc) is 2.31. The molecular weight excluding hydrogens is 188 g/mol. The van der Waals surface area contributed by atoms with Crippen molar-refractivity contribution < 1.29 is 4.74 Å². The molecule has 15 heavy (non-hydrogen) atoms. The minimum absolute atomic E-state index is 0.777. The normalized spacial score (nSPS) is 30.6. The smallest absolute Gasteiger partial charge is 0.0502 e. The van der Waals surface area contributed by atoms with Crippen molar-refractivity contribution in [2.24, 2.45) is 5.92 Å². The van der Waals surface area contributed by atoms with Crippen LogP contribution in [0.25, 0.3) is 0 Å². The van der Waals surface area contributed by atoms with E-state index in [0.29, 0.717) is 0 Å². The number of nitrogens with zero attached hydrogens (tertiary/aromatic N) is 1. The molecule has 0 unspecified atom stereocenters. The van der Waals surface area contributed by atoms with Gasteiger partial charge in [0.1, 0.15) is 0 Å². The molecule has 0 saturated carbocycles. The van der Waals surface area contributed by atoms with E-state index in [2.05, 4.69) is 10.2 Å². The molecule has 2 aliphatic heterocycles. The van der Waals surface area contributed by atoms with Crippen molar-refractivity contribution in [3.8, 4) is 0 Å². The molecule has 3 heteroatoms. The van der Waals surface area contributed by atoms with Gasteiger partial charge in [0.2, 0.25) is 0 Å². The number of hydrogen-bond donors (Lipinski definition) is 1. The second kappa shape index (κ2) is 5.83. The number of likely N-dealkylation sites (tertiary alicyclic amines) is 1. The van der Waals surface area contributed by atoms with Crippen LogP contribution < -0.4 is 5.32 Å². The SMILES string of the molecule is COC[C@@H]1CCCN(C2CCNCC2)C1. The van der Waals surface area contributed by atoms with Gasteiger partial charge in [0.05, 0.1) is 6.61 Å². The van der Waals surface area contributed by atoms with Crippen LogP contribution in [-0.4, -0.2) is 50.8 Å². The molecule has 1 N–H and O–H groups in total. The molecule has 2 heterocycles. The molecule has 0 radical (unpaired) electrons. The van der Waals surface area contributed by atoms with E-state index >= 15 is 0 Å². The Morgan fingerprint density at radius 1 is 1.27 bits per heavy atom. The predicted molar refractivity (Wildman–Crippen MR) is 62.1 cm³/mol. The van der Waals surface area contributed by atoms with Crippen LogP contribution in [0.15, 0.2) is 0 Å². The van der Waals surface area contributed by atoms with Gasteiger partial charge in [-0.05, 0) is 51.2 Å². The Kier molecular flexibility index (Phi) is 4.42. The van der Waals surface area contributed by atoms with E-state index in [1.165, 1.54) is 51.9 Å². The van der Waals surface area contributed by atoms with Crippen molar-refractivity contribution in [2.45, 2.75) is 31.7 Å². The summed E-state index contributed by atoms with van der Waals surface area (Å²) in [6, 6.07) is 0.839. The number of piperidine rings is 2. The van der Waals surface area contributed by atoms with Crippen LogP contribution in [-0.2, 0) is 4.74 Å². The monoisotopic (exact) mass is 212 g/mol. The first kappa shape index (κ1) is 11.4. The van der Waals surface area contributed by atoms with E-state index in [1.807, 2.05) is 7.11 Å². The summed E-state index contributed by atoms with van der Waals surface area (Å²) in [7, 11) is 1.82. The van der Waals surface area contributed by atoms with Gasteiger partial charge in [-0.3, -0.25) is 4.90 Å². The molecule has 0 spiro atoms. The van der Waals surface area contributed by atoms with Gasteiger partial charge in [-0.2, -0.15) is 0 Å². The standard InChI is InChI=1S/C12H24N2O/c1-15-10-11-3-2-8-14(9-11)12-4-6-13-7-5-12/h11-13H,2-10H2,1H3/t11-/m1/s1. The van der Waals surface area contributed by atoms with Gasteiger partial charge in [0.25, 0.3) is 0 Å². The Morgan fingerprint density at radius 2 is 2.07 bits per heavy atom. The lowest BCUT2D eigenvalue weighted by Gasteiger charge is -2.40. The zero-order valence-electron chi connectivity index (χ0n) is 9.87. The van der Waals surface area contributed by atoms with E-state index in [9.17, 15) is 0 Å². The highest BCUT2D eigenvalue weighted by atomic mass is 16.5. The van der Waals surface area contributed by atoms with Gasteiger partial charge in [0, 0.05) is 19.7 Å². The average molecular weight is 212 g/mol. The highest BCUT2D eigenvalue weighted by Crippen LogP contribution is 2.22. The van der Waals surface area contributed by atoms with Crippen LogP contribution in [0.5, 0.6) is 0 Å². The maximum atomic E-state index is 5.28. The van der Waals surface area contributed by atoms with E-state index in [1.54, 1.807) is 0 Å². The molecule has 2 rings (SSSR count). The van der Waals surface area contributed by atoms with E-state index in [-0.39, 0.29) is 0 Å². The molecule has 0 aromatic carbocycles. The number of rotatable bonds is 3. The van der Waals surface area contributed by atoms with Crippen LogP contribution in [0.2, 0.25) is 0 Å². The number of ether oxygens (including phenoxy) is 1. The third kappa shape index (κ3) is 3.16. The summed E-state index contributed by atoms with van der Waals surface area (Å²) in [5, 5.41) is 3.44. The van der Waals surface area contributed by atoms with E-state index < -0.39 is 0 Å². The Morgan fingerprint density at radius 3 is 2.80 bits per heavy atom. The van der Waals surface area contributed by atoms with Gasteiger partial charge in [-0.15, -0.1) is 0 Å². The molecule has 0 aromatic rings. The van der Waals surface area contributed by atoms with Crippen molar-refractivity contribution in [3.63, 3.8) is 0 Å². The number of hydrogen-bond acceptors (Lipinski definition) is 3. The summed E-state index contributed by atoms with van der Waals surface area (Å²) >= 11 is 0. The lowest BCUT2D eigenvalue weighted by atomic mass is 9.95. The lowest BCUT2D eigenvalue weighted by molar-refractivity contribution is 0.0590. The Hall–Kier alpha value is -0.120. The summed E-state index contributed by atoms with van der Waals surface area (Å²) in [4.78, 5) is 2.70. The maximum Gasteiger partial charge on any atom is 0.0502 e. The molecule has 0 aromatic heterocycles. The summed E-state index contributed by atoms with van der Waals surface area (Å²) in [6.07, 6.45) is 5.38. The fraction of sp³-hybridized carbons (Fsp3) is 1.00. The fourth-order valence-electron chi connectivity index (χ4n) is 2.97. The van der Waals surface area contributed by atoms with Gasteiger partial charge in [-0.25, -0.2) is 0 Å². The Balaban J connectivity index is 1.80. The van der Waals surface area contributed by atoms with Crippen LogP contribution in [0, 0.1) is 5.92 Å². The molecular formula is C12H24N2O. The summed E-state index contributed by atoms with van der Waals surface area (Å²) < 4.78 is 5.28. The zero-order valence-corrected chi connectivity index (χ0v) is 9.87. The van der Waals surface area contributed by atoms with Crippen molar-refractivity contribution in [3.05, 3.63) is 0 Å². The summed E-state index contributed by atoms with van der Waals surface area (Å²) in [5.41, 5.74) is 0. The maximum absolute atomic E-state index is 5.28. The topological polar surface area (TPSA) is 24.5 Å². The van der Waals surface area contributed by atoms with E-state index in [0.717, 1.165) is 18.6 Å². The highest BCUT2D eigenvalue weighted by Gasteiger charge is 2.26. The van der Waals surface area contributed by atoms with Crippen LogP contribution in [0.4, 0.5) is 0 Å². The molecule has 3 nitrogen and oxygen atoms in total. The molecule has 2 aliphatic rings. The van der Waals surface area contributed by atoms with Crippen molar-refractivity contribution in [2.75, 3.05) is 39.9 Å². The minimum Gasteiger partial charge on any atom is -0.384 e. The number of nitrogens with one attached hydrogen (secondary N) is 1. The van der Waals surface area contributed by atoms with Crippen LogP contribution in [0.3, 0.4) is 0 Å². The first-order valence-electron chi connectivity index (χ1n) is 6.34. The predicted octanol–water partition coefficient (Wildman–Crippen LogP) is 1.10. The van der Waals surface area contributed by atoms with Crippen LogP contribution >= 0.6 is 0 Å². The van der Waals surface area contributed by atoms with Gasteiger partial charge in [-0.1, -0.05) is 0 Å².